The summed E-state index contributed by atoms with van der Waals surface area (Å²) in [6.07, 6.45) is 6.60. The van der Waals surface area contributed by atoms with Crippen molar-refractivity contribution in [1.29, 1.82) is 0 Å². The van der Waals surface area contributed by atoms with Crippen LogP contribution in [0.15, 0.2) is 24.3 Å². The van der Waals surface area contributed by atoms with Crippen molar-refractivity contribution < 1.29 is 9.53 Å². The molecule has 1 aromatic carbocycles. The third-order valence-electron chi connectivity index (χ3n) is 5.24. The van der Waals surface area contributed by atoms with Crippen LogP contribution in [0.1, 0.15) is 74.2 Å². The third kappa shape index (κ3) is 3.06. The van der Waals surface area contributed by atoms with E-state index >= 15 is 0 Å². The summed E-state index contributed by atoms with van der Waals surface area (Å²) in [5.74, 6) is 0.987. The Balaban J connectivity index is 1.72. The van der Waals surface area contributed by atoms with Crippen molar-refractivity contribution in [2.75, 3.05) is 6.61 Å². The zero-order valence-corrected chi connectivity index (χ0v) is 13.2. The fraction of sp³-hybridized carbons (Fsp3) is 0.632. The monoisotopic (exact) mass is 286 g/mol. The fourth-order valence-electron chi connectivity index (χ4n) is 3.89. The van der Waals surface area contributed by atoms with E-state index < -0.39 is 0 Å². The van der Waals surface area contributed by atoms with Crippen LogP contribution in [0, 0.1) is 5.92 Å². The van der Waals surface area contributed by atoms with E-state index in [1.807, 2.05) is 12.1 Å². The zero-order valence-electron chi connectivity index (χ0n) is 13.2. The molecule has 21 heavy (non-hydrogen) atoms. The summed E-state index contributed by atoms with van der Waals surface area (Å²) in [5, 5.41) is 0. The molecule has 1 saturated heterocycles. The molecule has 0 bridgehead atoms. The van der Waals surface area contributed by atoms with Crippen molar-refractivity contribution in [3.05, 3.63) is 35.4 Å². The number of carbonyl (C=O) groups is 1. The Labute approximate surface area is 127 Å². The number of benzene rings is 1. The second-order valence-electron chi connectivity index (χ2n) is 7.07. The van der Waals surface area contributed by atoms with Crippen LogP contribution in [0.3, 0.4) is 0 Å². The van der Waals surface area contributed by atoms with Crippen molar-refractivity contribution in [3.63, 3.8) is 0 Å². The maximum Gasteiger partial charge on any atom is 0.166 e. The lowest BCUT2D eigenvalue weighted by atomic mass is 9.80. The molecular weight excluding hydrogens is 260 g/mol. The van der Waals surface area contributed by atoms with Gasteiger partial charge in [-0.3, -0.25) is 4.79 Å². The third-order valence-corrected chi connectivity index (χ3v) is 5.24. The van der Waals surface area contributed by atoms with Crippen LogP contribution in [0.4, 0.5) is 0 Å². The first kappa shape index (κ1) is 14.8. The fourth-order valence-corrected chi connectivity index (χ4v) is 3.89. The molecule has 114 valence electrons. The van der Waals surface area contributed by atoms with E-state index in [0.29, 0.717) is 11.7 Å². The summed E-state index contributed by atoms with van der Waals surface area (Å²) in [6.45, 7) is 5.11. The molecule has 2 heteroatoms. The van der Waals surface area contributed by atoms with Gasteiger partial charge in [-0.2, -0.15) is 0 Å². The Hall–Kier alpha value is -1.15. The number of hydrogen-bond acceptors (Lipinski definition) is 2. The van der Waals surface area contributed by atoms with Gasteiger partial charge in [-0.15, -0.1) is 0 Å². The average Bonchev–Trinajstić information content (AvgIpc) is 2.94. The van der Waals surface area contributed by atoms with Gasteiger partial charge in [0.05, 0.1) is 5.60 Å². The molecule has 1 heterocycles. The highest BCUT2D eigenvalue weighted by molar-refractivity contribution is 5.98. The number of ether oxygens (including phenoxy) is 1. The van der Waals surface area contributed by atoms with Gasteiger partial charge in [-0.1, -0.05) is 51.0 Å². The van der Waals surface area contributed by atoms with Gasteiger partial charge in [0.1, 0.15) is 0 Å². The Morgan fingerprint density at radius 1 is 1.19 bits per heavy atom. The molecule has 1 atom stereocenters. The molecule has 1 aliphatic heterocycles. The molecule has 1 aliphatic carbocycles. The van der Waals surface area contributed by atoms with Crippen LogP contribution in [-0.4, -0.2) is 18.0 Å². The molecule has 2 fully saturated rings. The van der Waals surface area contributed by atoms with Gasteiger partial charge >= 0.3 is 0 Å². The van der Waals surface area contributed by atoms with Crippen LogP contribution in [-0.2, 0) is 4.74 Å². The lowest BCUT2D eigenvalue weighted by Gasteiger charge is -2.37. The number of ketones is 1. The van der Waals surface area contributed by atoms with Crippen molar-refractivity contribution in [1.82, 2.24) is 0 Å². The van der Waals surface area contributed by atoms with E-state index in [2.05, 4.69) is 26.0 Å². The molecule has 0 radical (unpaired) electrons. The van der Waals surface area contributed by atoms with Crippen molar-refractivity contribution >= 4 is 5.78 Å². The molecule has 0 aromatic heterocycles. The normalized spacial score (nSPS) is 24.6. The van der Waals surface area contributed by atoms with Crippen LogP contribution < -0.4 is 0 Å². The highest BCUT2D eigenvalue weighted by atomic mass is 16.5. The SMILES string of the molecule is CC(C)c1ccc(C(=O)C2CCOC3(CCCC3)C2)cc1. The van der Waals surface area contributed by atoms with Gasteiger partial charge in [0.15, 0.2) is 5.78 Å². The maximum atomic E-state index is 12.8. The van der Waals surface area contributed by atoms with E-state index in [1.165, 1.54) is 18.4 Å². The predicted molar refractivity (Wildman–Crippen MR) is 84.7 cm³/mol. The Kier molecular flexibility index (Phi) is 4.17. The van der Waals surface area contributed by atoms with Crippen LogP contribution in [0.2, 0.25) is 0 Å². The molecule has 0 N–H and O–H groups in total. The molecule has 0 amide bonds. The number of rotatable bonds is 3. The van der Waals surface area contributed by atoms with Crippen molar-refractivity contribution in [2.24, 2.45) is 5.92 Å². The standard InChI is InChI=1S/C19H26O2/c1-14(2)15-5-7-16(8-6-15)18(20)17-9-12-21-19(13-17)10-3-4-11-19/h5-8,14,17H,3-4,9-13H2,1-2H3. The minimum atomic E-state index is 0.0243. The summed E-state index contributed by atoms with van der Waals surface area (Å²) in [4.78, 5) is 12.8. The van der Waals surface area contributed by atoms with Gasteiger partial charge in [0.25, 0.3) is 0 Å². The smallest absolute Gasteiger partial charge is 0.166 e. The first-order valence-corrected chi connectivity index (χ1v) is 8.38. The molecule has 1 saturated carbocycles. The van der Waals surface area contributed by atoms with Gasteiger partial charge < -0.3 is 4.74 Å². The Morgan fingerprint density at radius 3 is 2.48 bits per heavy atom. The summed E-state index contributed by atoms with van der Waals surface area (Å²) in [6, 6.07) is 8.22. The summed E-state index contributed by atoms with van der Waals surface area (Å²) >= 11 is 0. The topological polar surface area (TPSA) is 26.3 Å². The molecule has 1 spiro atoms. The Bertz CT molecular complexity index is 495. The molecule has 3 rings (SSSR count). The van der Waals surface area contributed by atoms with E-state index in [-0.39, 0.29) is 11.5 Å². The number of hydrogen-bond donors (Lipinski definition) is 0. The van der Waals surface area contributed by atoms with Gasteiger partial charge in [-0.25, -0.2) is 0 Å². The largest absolute Gasteiger partial charge is 0.375 e. The van der Waals surface area contributed by atoms with Crippen LogP contribution in [0.5, 0.6) is 0 Å². The lowest BCUT2D eigenvalue weighted by Crippen LogP contribution is -2.39. The quantitative estimate of drug-likeness (QED) is 0.751. The molecule has 2 nitrogen and oxygen atoms in total. The minimum absolute atomic E-state index is 0.0243. The molecule has 1 aromatic rings. The van der Waals surface area contributed by atoms with Gasteiger partial charge in [0.2, 0.25) is 0 Å². The first-order valence-electron chi connectivity index (χ1n) is 8.38. The predicted octanol–water partition coefficient (Wildman–Crippen LogP) is 4.73. The zero-order chi connectivity index (χ0) is 14.9. The Morgan fingerprint density at radius 2 is 1.86 bits per heavy atom. The van der Waals surface area contributed by atoms with E-state index in [9.17, 15) is 4.79 Å². The highest BCUT2D eigenvalue weighted by Gasteiger charge is 2.41. The summed E-state index contributed by atoms with van der Waals surface area (Å²) in [7, 11) is 0. The summed E-state index contributed by atoms with van der Waals surface area (Å²) in [5.41, 5.74) is 2.20. The summed E-state index contributed by atoms with van der Waals surface area (Å²) < 4.78 is 6.04. The number of carbonyl (C=O) groups excluding carboxylic acids is 1. The second-order valence-corrected chi connectivity index (χ2v) is 7.07. The first-order chi connectivity index (χ1) is 10.1. The second kappa shape index (κ2) is 5.92. The maximum absolute atomic E-state index is 12.8. The highest BCUT2D eigenvalue weighted by Crippen LogP contribution is 2.42. The van der Waals surface area contributed by atoms with Gasteiger partial charge in [0, 0.05) is 18.1 Å². The molecular formula is C19H26O2. The van der Waals surface area contributed by atoms with E-state index in [4.69, 9.17) is 4.74 Å². The van der Waals surface area contributed by atoms with Crippen molar-refractivity contribution in [2.45, 2.75) is 63.9 Å². The van der Waals surface area contributed by atoms with Crippen molar-refractivity contribution in [3.8, 4) is 0 Å². The van der Waals surface area contributed by atoms with Gasteiger partial charge in [-0.05, 0) is 37.2 Å². The number of Topliss-reactive ketones (excluding diaryl/α,β-unsaturated/α-hetero) is 1. The molecule has 1 unspecified atom stereocenters. The average molecular weight is 286 g/mol. The minimum Gasteiger partial charge on any atom is -0.375 e. The van der Waals surface area contributed by atoms with E-state index in [0.717, 1.165) is 37.9 Å². The van der Waals surface area contributed by atoms with Crippen LogP contribution in [0.25, 0.3) is 0 Å². The lowest BCUT2D eigenvalue weighted by molar-refractivity contribution is -0.0866. The van der Waals surface area contributed by atoms with Crippen LogP contribution >= 0.6 is 0 Å². The van der Waals surface area contributed by atoms with E-state index in [1.54, 1.807) is 0 Å². The molecule has 2 aliphatic rings.